The van der Waals surface area contributed by atoms with Crippen molar-refractivity contribution in [3.63, 3.8) is 0 Å². The van der Waals surface area contributed by atoms with Gasteiger partial charge in [-0.1, -0.05) is 0 Å². The number of esters is 1. The minimum Gasteiger partial charge on any atom is -0.465 e. The van der Waals surface area contributed by atoms with E-state index in [-0.39, 0.29) is 5.97 Å². The van der Waals surface area contributed by atoms with Gasteiger partial charge in [0, 0.05) is 12.2 Å². The van der Waals surface area contributed by atoms with Crippen molar-refractivity contribution in [3.8, 4) is 0 Å². The Morgan fingerprint density at radius 2 is 2.17 bits per heavy atom. The summed E-state index contributed by atoms with van der Waals surface area (Å²) in [5, 5.41) is 4.38. The zero-order valence-electron chi connectivity index (χ0n) is 11.3. The Morgan fingerprint density at radius 1 is 1.56 bits per heavy atom. The lowest BCUT2D eigenvalue weighted by molar-refractivity contribution is -0.149. The Morgan fingerprint density at radius 3 is 2.61 bits per heavy atom. The van der Waals surface area contributed by atoms with Crippen molar-refractivity contribution in [2.75, 3.05) is 6.61 Å². The second-order valence-corrected chi connectivity index (χ2v) is 5.39. The molecule has 0 aromatic carbocycles. The Bertz CT molecular complexity index is 441. The average molecular weight is 318 g/mol. The molecule has 0 saturated heterocycles. The topological polar surface area (TPSA) is 70.1 Å². The third-order valence-corrected chi connectivity index (χ3v) is 4.03. The smallest absolute Gasteiger partial charge is 0.325 e. The number of aryl methyl sites for hydroxylation is 2. The van der Waals surface area contributed by atoms with E-state index in [9.17, 15) is 4.79 Å². The molecule has 6 heteroatoms. The highest BCUT2D eigenvalue weighted by atomic mass is 79.9. The van der Waals surface area contributed by atoms with Crippen molar-refractivity contribution in [2.24, 2.45) is 5.73 Å². The van der Waals surface area contributed by atoms with Crippen molar-refractivity contribution in [3.05, 3.63) is 15.9 Å². The fourth-order valence-corrected chi connectivity index (χ4v) is 1.91. The van der Waals surface area contributed by atoms with Crippen molar-refractivity contribution in [2.45, 2.75) is 46.2 Å². The van der Waals surface area contributed by atoms with E-state index in [0.29, 0.717) is 19.6 Å². The maximum absolute atomic E-state index is 11.7. The van der Waals surface area contributed by atoms with Crippen LogP contribution in [0.5, 0.6) is 0 Å². The minimum atomic E-state index is -0.977. The molecule has 1 aromatic rings. The highest BCUT2D eigenvalue weighted by molar-refractivity contribution is 9.10. The van der Waals surface area contributed by atoms with E-state index >= 15 is 0 Å². The summed E-state index contributed by atoms with van der Waals surface area (Å²) in [7, 11) is 0. The molecular formula is C12H20BrN3O2. The number of rotatable bonds is 5. The molecule has 0 fully saturated rings. The third-order valence-electron chi connectivity index (χ3n) is 2.88. The van der Waals surface area contributed by atoms with Crippen LogP contribution in [0.2, 0.25) is 0 Å². The summed E-state index contributed by atoms with van der Waals surface area (Å²) in [6, 6.07) is 0. The van der Waals surface area contributed by atoms with Gasteiger partial charge in [0.05, 0.1) is 16.8 Å². The van der Waals surface area contributed by atoms with Crippen molar-refractivity contribution in [1.82, 2.24) is 9.78 Å². The Balaban J connectivity index is 2.69. The van der Waals surface area contributed by atoms with Gasteiger partial charge in [0.2, 0.25) is 0 Å². The predicted molar refractivity (Wildman–Crippen MR) is 73.2 cm³/mol. The number of ether oxygens (including phenoxy) is 1. The first-order chi connectivity index (χ1) is 8.29. The molecule has 18 heavy (non-hydrogen) atoms. The first-order valence-corrected chi connectivity index (χ1v) is 6.74. The number of nitrogens with two attached hydrogens (primary N) is 1. The molecule has 0 aliphatic carbocycles. The second-order valence-electron chi connectivity index (χ2n) is 4.60. The fourth-order valence-electron chi connectivity index (χ4n) is 1.63. The lowest BCUT2D eigenvalue weighted by atomic mass is 10.00. The van der Waals surface area contributed by atoms with E-state index in [0.717, 1.165) is 15.9 Å². The molecule has 0 saturated carbocycles. The van der Waals surface area contributed by atoms with E-state index in [2.05, 4.69) is 21.0 Å². The third kappa shape index (κ3) is 3.32. The lowest BCUT2D eigenvalue weighted by Gasteiger charge is -2.22. The van der Waals surface area contributed by atoms with Crippen LogP contribution in [0.1, 0.15) is 31.7 Å². The predicted octanol–water partition coefficient (Wildman–Crippen LogP) is 1.93. The highest BCUT2D eigenvalue weighted by Crippen LogP contribution is 2.21. The van der Waals surface area contributed by atoms with Gasteiger partial charge < -0.3 is 10.5 Å². The molecule has 102 valence electrons. The van der Waals surface area contributed by atoms with Gasteiger partial charge in [-0.2, -0.15) is 5.10 Å². The SMILES string of the molecule is CCOC(=O)C(C)(N)CCn1nc(C)c(Br)c1C. The molecular weight excluding hydrogens is 298 g/mol. The largest absolute Gasteiger partial charge is 0.465 e. The summed E-state index contributed by atoms with van der Waals surface area (Å²) in [4.78, 5) is 11.7. The summed E-state index contributed by atoms with van der Waals surface area (Å²) in [6.07, 6.45) is 0.486. The van der Waals surface area contributed by atoms with Gasteiger partial charge in [0.25, 0.3) is 0 Å². The fraction of sp³-hybridized carbons (Fsp3) is 0.667. The average Bonchev–Trinajstić information content (AvgIpc) is 2.54. The summed E-state index contributed by atoms with van der Waals surface area (Å²) >= 11 is 3.47. The summed E-state index contributed by atoms with van der Waals surface area (Å²) in [5.41, 5.74) is 6.95. The standard InChI is InChI=1S/C12H20BrN3O2/c1-5-18-11(17)12(4,14)6-7-16-9(3)10(13)8(2)15-16/h5-7,14H2,1-4H3. The lowest BCUT2D eigenvalue weighted by Crippen LogP contribution is -2.47. The normalized spacial score (nSPS) is 14.3. The van der Waals surface area contributed by atoms with E-state index < -0.39 is 5.54 Å². The zero-order chi connectivity index (χ0) is 13.9. The van der Waals surface area contributed by atoms with Crippen LogP contribution in [0.15, 0.2) is 4.47 Å². The molecule has 0 spiro atoms. The monoisotopic (exact) mass is 317 g/mol. The van der Waals surface area contributed by atoms with Gasteiger partial charge in [0.15, 0.2) is 0 Å². The van der Waals surface area contributed by atoms with Crippen molar-refractivity contribution < 1.29 is 9.53 Å². The van der Waals surface area contributed by atoms with Crippen LogP contribution in [0, 0.1) is 13.8 Å². The van der Waals surface area contributed by atoms with Crippen molar-refractivity contribution in [1.29, 1.82) is 0 Å². The number of halogens is 1. The van der Waals surface area contributed by atoms with Gasteiger partial charge in [-0.05, 0) is 50.0 Å². The molecule has 0 aliphatic rings. The van der Waals surface area contributed by atoms with Gasteiger partial charge in [0.1, 0.15) is 5.54 Å². The number of hydrogen-bond donors (Lipinski definition) is 1. The van der Waals surface area contributed by atoms with Crippen molar-refractivity contribution >= 4 is 21.9 Å². The molecule has 1 atom stereocenters. The number of carbonyl (C=O) groups is 1. The van der Waals surface area contributed by atoms with Crippen LogP contribution in [0.25, 0.3) is 0 Å². The van der Waals surface area contributed by atoms with Crippen LogP contribution in [-0.4, -0.2) is 27.9 Å². The van der Waals surface area contributed by atoms with Gasteiger partial charge in [-0.3, -0.25) is 9.48 Å². The molecule has 1 rings (SSSR count). The van der Waals surface area contributed by atoms with Crippen LogP contribution < -0.4 is 5.73 Å². The van der Waals surface area contributed by atoms with Crippen LogP contribution >= 0.6 is 15.9 Å². The summed E-state index contributed by atoms with van der Waals surface area (Å²) < 4.78 is 7.80. The van der Waals surface area contributed by atoms with Gasteiger partial charge in [-0.25, -0.2) is 0 Å². The number of nitrogens with zero attached hydrogens (tertiary/aromatic N) is 2. The van der Waals surface area contributed by atoms with Crippen LogP contribution in [0.3, 0.4) is 0 Å². The molecule has 0 radical (unpaired) electrons. The number of hydrogen-bond acceptors (Lipinski definition) is 4. The van der Waals surface area contributed by atoms with E-state index in [1.54, 1.807) is 13.8 Å². The summed E-state index contributed by atoms with van der Waals surface area (Å²) in [5.74, 6) is -0.370. The van der Waals surface area contributed by atoms with Crippen LogP contribution in [0.4, 0.5) is 0 Å². The summed E-state index contributed by atoms with van der Waals surface area (Å²) in [6.45, 7) is 8.29. The maximum Gasteiger partial charge on any atom is 0.325 e. The molecule has 0 bridgehead atoms. The first kappa shape index (κ1) is 15.2. The molecule has 5 nitrogen and oxygen atoms in total. The Kier molecular flexibility index (Phi) is 4.92. The quantitative estimate of drug-likeness (QED) is 0.842. The molecule has 1 heterocycles. The second kappa shape index (κ2) is 5.84. The van der Waals surface area contributed by atoms with Crippen LogP contribution in [-0.2, 0) is 16.1 Å². The van der Waals surface area contributed by atoms with E-state index in [4.69, 9.17) is 10.5 Å². The first-order valence-electron chi connectivity index (χ1n) is 5.95. The molecule has 0 aliphatic heterocycles. The minimum absolute atomic E-state index is 0.344. The zero-order valence-corrected chi connectivity index (χ0v) is 12.9. The van der Waals surface area contributed by atoms with E-state index in [1.807, 2.05) is 18.5 Å². The molecule has 2 N–H and O–H groups in total. The number of carbonyl (C=O) groups excluding carboxylic acids is 1. The maximum atomic E-state index is 11.7. The Hall–Kier alpha value is -0.880. The molecule has 1 unspecified atom stereocenters. The Labute approximate surface area is 116 Å². The molecule has 0 amide bonds. The molecule has 1 aromatic heterocycles. The highest BCUT2D eigenvalue weighted by Gasteiger charge is 2.30. The number of aromatic nitrogens is 2. The van der Waals surface area contributed by atoms with Gasteiger partial charge in [-0.15, -0.1) is 0 Å². The van der Waals surface area contributed by atoms with E-state index in [1.165, 1.54) is 0 Å². The van der Waals surface area contributed by atoms with Gasteiger partial charge >= 0.3 is 5.97 Å².